The van der Waals surface area contributed by atoms with Gasteiger partial charge in [-0.1, -0.05) is 236 Å². The molecule has 1 aliphatic heterocycles. The van der Waals surface area contributed by atoms with Gasteiger partial charge in [0.15, 0.2) is 0 Å². The van der Waals surface area contributed by atoms with Crippen LogP contribution in [0.1, 0.15) is 217 Å². The molecular weight excluding hydrogens is 1270 g/mol. The number of unbranched alkanes of at least 4 members (excludes halogenated alkanes) is 10. The monoisotopic (exact) mass is 1350 g/mol. The summed E-state index contributed by atoms with van der Waals surface area (Å²) in [4.78, 5) is 0. The number of benzene rings is 9. The summed E-state index contributed by atoms with van der Waals surface area (Å²) in [6, 6.07) is 57.3. The molecule has 3 heterocycles. The summed E-state index contributed by atoms with van der Waals surface area (Å²) in [5.74, 6) is 0. The van der Waals surface area contributed by atoms with E-state index in [9.17, 15) is 0 Å². The smallest absolute Gasteiger partial charge is 0.455 e. The van der Waals surface area contributed by atoms with E-state index >= 15 is 0 Å². The van der Waals surface area contributed by atoms with Gasteiger partial charge in [0.1, 0.15) is 22.3 Å². The molecule has 1 fully saturated rings. The van der Waals surface area contributed by atoms with Gasteiger partial charge in [-0.2, -0.15) is 0 Å². The van der Waals surface area contributed by atoms with E-state index in [4.69, 9.17) is 18.1 Å². The first-order chi connectivity index (χ1) is 44.6. The third kappa shape index (κ3) is 9.82. The summed E-state index contributed by atoms with van der Waals surface area (Å²) in [5, 5.41) is 4.73. The molecule has 0 saturated carbocycles. The molecule has 16 rings (SSSR count). The average Bonchev–Trinajstić information content (AvgIpc) is 1.53. The standard InChI is InChI=1S/C50H65BO2.C36H24Br2O2/c1-9-11-13-15-17-21-31-50(32-22-18-16-14-12-10-2)43-24-20-19-23-39(43)42-29-26-37(34-46(42)50)36-25-28-40-41-30-27-38(35-45(41)47(3,4)44(40)33-36)51-52-48(5,6)49(7,8)53-51;1-35(2)21-13-20-22(14-19(21)29-23(35)15-25(37)33-31(29)17-9-5-7-11-27(17)39-33)36(3,4)24-16-26(38)34-32(30(20)24)18-10-6-8-12-28(18)40-34/h19-20,23-30,33-35H,9-18,21-22,31-32H2,1-8H3;5-16H,1-4H3. The summed E-state index contributed by atoms with van der Waals surface area (Å²) in [6.45, 7) is 27.4. The molecule has 0 N–H and O–H groups in total. The molecule has 1 saturated heterocycles. The predicted molar refractivity (Wildman–Crippen MR) is 399 cm³/mol. The largest absolute Gasteiger partial charge is 0.494 e. The average molecular weight is 1360 g/mol. The molecule has 2 aromatic heterocycles. The Morgan fingerprint density at radius 2 is 0.753 bits per heavy atom. The van der Waals surface area contributed by atoms with Crippen LogP contribution in [0.5, 0.6) is 0 Å². The third-order valence-corrected chi connectivity index (χ3v) is 24.5. The number of rotatable bonds is 16. The molecule has 474 valence electrons. The zero-order chi connectivity index (χ0) is 64.7. The van der Waals surface area contributed by atoms with Gasteiger partial charge < -0.3 is 18.1 Å². The van der Waals surface area contributed by atoms with Gasteiger partial charge in [0.2, 0.25) is 0 Å². The van der Waals surface area contributed by atoms with Crippen LogP contribution in [-0.2, 0) is 31.0 Å². The van der Waals surface area contributed by atoms with Crippen molar-refractivity contribution in [2.24, 2.45) is 0 Å². The van der Waals surface area contributed by atoms with Crippen molar-refractivity contribution in [2.75, 3.05) is 0 Å². The Hall–Kier alpha value is -6.48. The fraction of sp³-hybridized carbons (Fsp3) is 0.372. The quantitative estimate of drug-likeness (QED) is 0.0714. The Kier molecular flexibility index (Phi) is 15.6. The van der Waals surface area contributed by atoms with Crippen LogP contribution in [0.3, 0.4) is 0 Å². The number of hydrogen-bond donors (Lipinski definition) is 0. The van der Waals surface area contributed by atoms with Gasteiger partial charge in [0.05, 0.1) is 20.1 Å². The second-order valence-electron chi connectivity index (χ2n) is 30.6. The Morgan fingerprint density at radius 3 is 1.27 bits per heavy atom. The number of para-hydroxylation sites is 2. The second-order valence-corrected chi connectivity index (χ2v) is 32.3. The van der Waals surface area contributed by atoms with Crippen LogP contribution >= 0.6 is 31.9 Å². The highest BCUT2D eigenvalue weighted by Gasteiger charge is 2.53. The van der Waals surface area contributed by atoms with Gasteiger partial charge in [-0.3, -0.25) is 0 Å². The summed E-state index contributed by atoms with van der Waals surface area (Å²) < 4.78 is 27.8. The van der Waals surface area contributed by atoms with Gasteiger partial charge in [-0.15, -0.1) is 0 Å². The van der Waals surface area contributed by atoms with E-state index in [1.807, 2.05) is 12.1 Å². The molecule has 0 amide bonds. The fourth-order valence-corrected chi connectivity index (χ4v) is 18.4. The first kappa shape index (κ1) is 62.6. The summed E-state index contributed by atoms with van der Waals surface area (Å²) in [5.41, 5.74) is 28.5. The molecule has 4 nitrogen and oxygen atoms in total. The minimum Gasteiger partial charge on any atom is -0.455 e. The Morgan fingerprint density at radius 1 is 0.355 bits per heavy atom. The van der Waals surface area contributed by atoms with E-state index in [0.29, 0.717) is 0 Å². The van der Waals surface area contributed by atoms with E-state index in [1.165, 1.54) is 190 Å². The molecule has 0 radical (unpaired) electrons. The van der Waals surface area contributed by atoms with Crippen molar-refractivity contribution >= 4 is 88.3 Å². The van der Waals surface area contributed by atoms with E-state index in [-0.39, 0.29) is 40.0 Å². The van der Waals surface area contributed by atoms with Crippen LogP contribution < -0.4 is 5.46 Å². The fourth-order valence-electron chi connectivity index (χ4n) is 17.4. The minimum atomic E-state index is -0.359. The maximum Gasteiger partial charge on any atom is 0.494 e. The lowest BCUT2D eigenvalue weighted by Gasteiger charge is -2.33. The predicted octanol–water partition coefficient (Wildman–Crippen LogP) is 25.3. The van der Waals surface area contributed by atoms with E-state index < -0.39 is 0 Å². The van der Waals surface area contributed by atoms with Gasteiger partial charge in [0, 0.05) is 43.2 Å². The first-order valence-electron chi connectivity index (χ1n) is 35.0. The molecule has 0 unspecified atom stereocenters. The number of halogens is 2. The lowest BCUT2D eigenvalue weighted by molar-refractivity contribution is 0.00578. The maximum absolute atomic E-state index is 6.48. The SMILES string of the molecule is CC1(C)c2cc3c(cc2-c2c1cc(Br)c1oc4ccccc4c21)C(C)(C)c1cc(Br)c2oc4ccccc4c2c1-3.CCCCCCCCC1(CCCCCCCC)c2ccccc2-c2ccc(-c3ccc4c(c3)C(C)(C)c3cc(B5OC(C)(C)C(C)(C)O5)ccc3-4)cc21. The lowest BCUT2D eigenvalue weighted by Crippen LogP contribution is -2.41. The van der Waals surface area contributed by atoms with E-state index in [0.717, 1.165) is 47.5 Å². The zero-order valence-electron chi connectivity index (χ0n) is 56.8. The molecule has 93 heavy (non-hydrogen) atoms. The molecule has 4 aliphatic carbocycles. The van der Waals surface area contributed by atoms with Crippen LogP contribution in [0.4, 0.5) is 0 Å². The summed E-state index contributed by atoms with van der Waals surface area (Å²) in [7, 11) is -0.358. The van der Waals surface area contributed by atoms with Crippen molar-refractivity contribution in [3.8, 4) is 55.6 Å². The van der Waals surface area contributed by atoms with Gasteiger partial charge in [0.25, 0.3) is 0 Å². The highest BCUT2D eigenvalue weighted by atomic mass is 79.9. The maximum atomic E-state index is 6.48. The minimum absolute atomic E-state index is 0.0909. The highest BCUT2D eigenvalue weighted by molar-refractivity contribution is 9.11. The Balaban J connectivity index is 0.000000159. The normalized spacial score (nSPS) is 17.3. The molecule has 0 spiro atoms. The number of furan rings is 2. The topological polar surface area (TPSA) is 44.7 Å². The number of fused-ring (bicyclic) bond motifs is 20. The van der Waals surface area contributed by atoms with Crippen LogP contribution in [0.15, 0.2) is 169 Å². The van der Waals surface area contributed by atoms with E-state index in [2.05, 4.69) is 254 Å². The van der Waals surface area contributed by atoms with Crippen molar-refractivity contribution in [1.82, 2.24) is 0 Å². The molecule has 7 heteroatoms. The molecule has 0 bridgehead atoms. The van der Waals surface area contributed by atoms with E-state index in [1.54, 1.807) is 11.1 Å². The summed E-state index contributed by atoms with van der Waals surface area (Å²) in [6.07, 6.45) is 18.6. The second kappa shape index (κ2) is 23.1. The molecule has 9 aromatic carbocycles. The zero-order valence-corrected chi connectivity index (χ0v) is 60.0. The van der Waals surface area contributed by atoms with Crippen molar-refractivity contribution in [3.05, 3.63) is 205 Å². The Labute approximate surface area is 569 Å². The van der Waals surface area contributed by atoms with Crippen molar-refractivity contribution in [2.45, 2.75) is 206 Å². The van der Waals surface area contributed by atoms with Crippen LogP contribution in [0, 0.1) is 0 Å². The first-order valence-corrected chi connectivity index (χ1v) is 36.6. The molecule has 0 atom stereocenters. The van der Waals surface area contributed by atoms with Gasteiger partial charge in [-0.05, 0) is 227 Å². The number of hydrogen-bond acceptors (Lipinski definition) is 4. The highest BCUT2D eigenvalue weighted by Crippen LogP contribution is 2.62. The van der Waals surface area contributed by atoms with Crippen LogP contribution in [-0.4, -0.2) is 18.3 Å². The summed E-state index contributed by atoms with van der Waals surface area (Å²) >= 11 is 7.72. The van der Waals surface area contributed by atoms with Crippen molar-refractivity contribution in [1.29, 1.82) is 0 Å². The van der Waals surface area contributed by atoms with Crippen molar-refractivity contribution in [3.63, 3.8) is 0 Å². The molecule has 11 aromatic rings. The van der Waals surface area contributed by atoms with Crippen molar-refractivity contribution < 1.29 is 18.1 Å². The van der Waals surface area contributed by atoms with Crippen LogP contribution in [0.25, 0.3) is 99.5 Å². The van der Waals surface area contributed by atoms with Crippen LogP contribution in [0.2, 0.25) is 0 Å². The van der Waals surface area contributed by atoms with Gasteiger partial charge in [-0.25, -0.2) is 0 Å². The lowest BCUT2D eigenvalue weighted by atomic mass is 9.70. The van der Waals surface area contributed by atoms with Gasteiger partial charge >= 0.3 is 7.12 Å². The third-order valence-electron chi connectivity index (χ3n) is 23.3. The molecule has 5 aliphatic rings. The molecular formula is C86H89BBr2O4. The Bertz CT molecular complexity index is 4620.